The van der Waals surface area contributed by atoms with Crippen molar-refractivity contribution >= 4 is 18.2 Å². The number of ether oxygens (including phenoxy) is 4. The molecule has 2 saturated carbocycles. The van der Waals surface area contributed by atoms with E-state index in [0.29, 0.717) is 25.7 Å². The summed E-state index contributed by atoms with van der Waals surface area (Å²) in [5, 5.41) is 0. The van der Waals surface area contributed by atoms with Gasteiger partial charge in [0.05, 0.1) is 36.3 Å². The van der Waals surface area contributed by atoms with Crippen molar-refractivity contribution in [3.05, 3.63) is 0 Å². The van der Waals surface area contributed by atoms with Crippen LogP contribution in [-0.2, 0) is 33.1 Å². The van der Waals surface area contributed by atoms with Gasteiger partial charge in [-0.05, 0) is 56.3 Å². The highest BCUT2D eigenvalue weighted by molar-refractivity contribution is 7.94. The fourth-order valence-electron chi connectivity index (χ4n) is 6.25. The van der Waals surface area contributed by atoms with Crippen molar-refractivity contribution in [1.29, 1.82) is 0 Å². The Hall–Kier alpha value is -0.590. The number of rotatable bonds is 11. The molecule has 0 aromatic carbocycles. The van der Waals surface area contributed by atoms with Gasteiger partial charge in [0.2, 0.25) is 18.2 Å². The Kier molecular flexibility index (Phi) is 11.0. The van der Waals surface area contributed by atoms with Gasteiger partial charge in [0, 0.05) is 34.6 Å². The van der Waals surface area contributed by atoms with Crippen LogP contribution in [0.5, 0.6) is 0 Å². The van der Waals surface area contributed by atoms with E-state index in [4.69, 9.17) is 18.9 Å². The minimum absolute atomic E-state index is 0.0136. The lowest BCUT2D eigenvalue weighted by Crippen LogP contribution is -2.47. The summed E-state index contributed by atoms with van der Waals surface area (Å²) in [7, 11) is 2.30. The zero-order chi connectivity index (χ0) is 25.7. The summed E-state index contributed by atoms with van der Waals surface area (Å²) >= 11 is 0. The summed E-state index contributed by atoms with van der Waals surface area (Å²) < 4.78 is 37.5. The van der Waals surface area contributed by atoms with Crippen LogP contribution in [0.2, 0.25) is 0 Å². The highest BCUT2D eigenvalue weighted by Gasteiger charge is 2.54. The van der Waals surface area contributed by atoms with E-state index in [1.807, 2.05) is 6.92 Å². The van der Waals surface area contributed by atoms with Gasteiger partial charge in [-0.15, -0.1) is 0 Å². The molecule has 5 atom stereocenters. The molecular weight excluding hydrogens is 455 g/mol. The zero-order valence-corrected chi connectivity index (χ0v) is 23.4. The Bertz CT molecular complexity index is 661. The first-order valence-electron chi connectivity index (χ1n) is 12.7. The van der Waals surface area contributed by atoms with Gasteiger partial charge in [0.25, 0.3) is 0 Å². The van der Waals surface area contributed by atoms with E-state index in [2.05, 4.69) is 20.8 Å². The highest BCUT2D eigenvalue weighted by Crippen LogP contribution is 2.57. The van der Waals surface area contributed by atoms with Gasteiger partial charge >= 0.3 is 0 Å². The number of carbonyl (C=O) groups excluding carboxylic acids is 2. The third-order valence-corrected chi connectivity index (χ3v) is 10.7. The molecule has 0 N–H and O–H groups in total. The van der Waals surface area contributed by atoms with Gasteiger partial charge < -0.3 is 23.5 Å². The molecule has 0 aromatic rings. The third-order valence-electron chi connectivity index (χ3n) is 7.58. The number of hydrogen-bond donors (Lipinski definition) is 0. The molecule has 2 rings (SSSR count). The van der Waals surface area contributed by atoms with Crippen molar-refractivity contribution < 1.29 is 33.1 Å². The fourth-order valence-corrected chi connectivity index (χ4v) is 9.46. The molecule has 0 aromatic heterocycles. The summed E-state index contributed by atoms with van der Waals surface area (Å²) in [5.41, 5.74) is -0.973. The smallest absolute Gasteiger partial charge is 0.212 e. The van der Waals surface area contributed by atoms with Crippen molar-refractivity contribution in [3.8, 4) is 0 Å². The van der Waals surface area contributed by atoms with Crippen molar-refractivity contribution in [2.45, 2.75) is 97.1 Å². The largest absolute Gasteiger partial charge is 0.381 e. The zero-order valence-electron chi connectivity index (χ0n) is 22.5. The molecule has 34 heavy (non-hydrogen) atoms. The minimum atomic E-state index is -3.98. The molecule has 2 aliphatic rings. The van der Waals surface area contributed by atoms with E-state index in [0.717, 1.165) is 19.3 Å². The van der Waals surface area contributed by atoms with Crippen molar-refractivity contribution in [1.82, 2.24) is 0 Å². The lowest BCUT2D eigenvalue weighted by atomic mass is 9.84. The lowest BCUT2D eigenvalue weighted by Gasteiger charge is -2.40. The van der Waals surface area contributed by atoms with Crippen LogP contribution in [0.25, 0.3) is 0 Å². The predicted octanol–water partition coefficient (Wildman–Crippen LogP) is 5.14. The van der Waals surface area contributed by atoms with Crippen LogP contribution in [0.1, 0.15) is 72.6 Å². The Balaban J connectivity index is 2.53. The van der Waals surface area contributed by atoms with Crippen LogP contribution >= 0.6 is 7.14 Å². The first-order chi connectivity index (χ1) is 15.9. The van der Waals surface area contributed by atoms with Crippen molar-refractivity contribution in [2.75, 3.05) is 34.6 Å². The summed E-state index contributed by atoms with van der Waals surface area (Å²) in [6.45, 7) is 8.34. The molecule has 0 spiro atoms. The summed E-state index contributed by atoms with van der Waals surface area (Å²) in [6, 6.07) is 0. The molecule has 5 unspecified atom stereocenters. The Morgan fingerprint density at radius 3 is 1.35 bits per heavy atom. The van der Waals surface area contributed by atoms with Gasteiger partial charge in [-0.1, -0.05) is 27.7 Å². The van der Waals surface area contributed by atoms with Crippen LogP contribution in [0.4, 0.5) is 0 Å². The quantitative estimate of drug-likeness (QED) is 0.362. The average molecular weight is 503 g/mol. The molecule has 2 aliphatic carbocycles. The van der Waals surface area contributed by atoms with E-state index >= 15 is 0 Å². The molecule has 7 nitrogen and oxygen atoms in total. The average Bonchev–Trinajstić information content (AvgIpc) is 2.80. The molecule has 0 radical (unpaired) electrons. The van der Waals surface area contributed by atoms with E-state index in [1.54, 1.807) is 28.4 Å². The highest BCUT2D eigenvalue weighted by atomic mass is 31.2. The SMILES string of the molecule is COC1CCCC(OC)C1C(=O)P(=O)(CC(C)CC(C)(C)C)C(=O)C1C(OC)CCCC1OC. The second kappa shape index (κ2) is 12.6. The third kappa shape index (κ3) is 6.79. The minimum Gasteiger partial charge on any atom is -0.381 e. The van der Waals surface area contributed by atoms with Crippen LogP contribution in [0.15, 0.2) is 0 Å². The molecule has 8 heteroatoms. The second-order valence-corrected chi connectivity index (χ2v) is 14.2. The maximum absolute atomic E-state index is 14.8. The topological polar surface area (TPSA) is 88.1 Å². The first-order valence-corrected chi connectivity index (χ1v) is 14.6. The standard InChI is InChI=1S/C26H47O7P/c1-17(15-26(2,3)4)16-34(29,24(27)22-18(30-5)11-9-12-19(22)31-6)25(28)23-20(32-7)13-10-14-21(23)33-8/h17-23H,9-16H2,1-8H3. The monoisotopic (exact) mass is 502 g/mol. The van der Waals surface area contributed by atoms with E-state index in [9.17, 15) is 14.2 Å². The second-order valence-electron chi connectivity index (χ2n) is 11.5. The molecule has 0 saturated heterocycles. The summed E-state index contributed by atoms with van der Waals surface area (Å²) in [5.74, 6) is -1.49. The van der Waals surface area contributed by atoms with Gasteiger partial charge in [0.1, 0.15) is 0 Å². The van der Waals surface area contributed by atoms with Crippen molar-refractivity contribution in [2.24, 2.45) is 23.2 Å². The van der Waals surface area contributed by atoms with Crippen molar-refractivity contribution in [3.63, 3.8) is 0 Å². The predicted molar refractivity (Wildman–Crippen MR) is 134 cm³/mol. The van der Waals surface area contributed by atoms with Gasteiger partial charge in [0.15, 0.2) is 0 Å². The Morgan fingerprint density at radius 2 is 1.09 bits per heavy atom. The Morgan fingerprint density at radius 1 is 0.765 bits per heavy atom. The fraction of sp³-hybridized carbons (Fsp3) is 0.923. The van der Waals surface area contributed by atoms with Crippen LogP contribution < -0.4 is 0 Å². The number of hydrogen-bond acceptors (Lipinski definition) is 7. The normalized spacial score (nSPS) is 33.2. The summed E-state index contributed by atoms with van der Waals surface area (Å²) in [6.07, 6.45) is 3.64. The molecule has 2 fully saturated rings. The van der Waals surface area contributed by atoms with E-state index in [-0.39, 0.29) is 17.5 Å². The summed E-state index contributed by atoms with van der Waals surface area (Å²) in [4.78, 5) is 28.4. The molecule has 198 valence electrons. The molecular formula is C26H47O7P. The van der Waals surface area contributed by atoms with Crippen LogP contribution in [0, 0.1) is 23.2 Å². The van der Waals surface area contributed by atoms with Crippen LogP contribution in [-0.4, -0.2) is 70.1 Å². The first kappa shape index (κ1) is 29.6. The lowest BCUT2D eigenvalue weighted by molar-refractivity contribution is -0.134. The van der Waals surface area contributed by atoms with Gasteiger partial charge in [-0.25, -0.2) is 0 Å². The van der Waals surface area contributed by atoms with Crippen LogP contribution in [0.3, 0.4) is 0 Å². The Labute approximate surface area is 206 Å². The molecule has 0 amide bonds. The molecule has 0 heterocycles. The van der Waals surface area contributed by atoms with E-state index in [1.165, 1.54) is 0 Å². The number of methoxy groups -OCH3 is 4. The number of carbonyl (C=O) groups is 2. The molecule has 0 bridgehead atoms. The molecule has 0 aliphatic heterocycles. The maximum Gasteiger partial charge on any atom is 0.212 e. The van der Waals surface area contributed by atoms with Gasteiger partial charge in [-0.2, -0.15) is 0 Å². The van der Waals surface area contributed by atoms with Gasteiger partial charge in [-0.3, -0.25) is 9.59 Å². The maximum atomic E-state index is 14.8. The van der Waals surface area contributed by atoms with E-state index < -0.39 is 54.4 Å².